The summed E-state index contributed by atoms with van der Waals surface area (Å²) in [6, 6.07) is 11.9. The van der Waals surface area contributed by atoms with E-state index in [-0.39, 0.29) is 17.7 Å². The Hall–Kier alpha value is -2.93. The highest BCUT2D eigenvalue weighted by Gasteiger charge is 2.16. The van der Waals surface area contributed by atoms with Gasteiger partial charge in [0.25, 0.3) is 5.69 Å². The Bertz CT molecular complexity index is 735. The Kier molecular flexibility index (Phi) is 5.25. The molecule has 0 bridgehead atoms. The number of nitro benzene ring substituents is 1. The number of nitrogens with zero attached hydrogens (tertiary/aromatic N) is 1. The summed E-state index contributed by atoms with van der Waals surface area (Å²) in [7, 11) is 0. The first kappa shape index (κ1) is 16.9. The molecule has 0 spiro atoms. The molecule has 2 aromatic rings. The lowest BCUT2D eigenvalue weighted by Crippen LogP contribution is -2.24. The summed E-state index contributed by atoms with van der Waals surface area (Å²) in [5.74, 6) is 0.319. The smallest absolute Gasteiger partial charge is 0.343 e. The van der Waals surface area contributed by atoms with Crippen LogP contribution in [-0.2, 0) is 4.74 Å². The summed E-state index contributed by atoms with van der Waals surface area (Å²) < 4.78 is 16.4. The number of hydrogen-bond acceptors (Lipinski definition) is 6. The van der Waals surface area contributed by atoms with Crippen LogP contribution in [0.3, 0.4) is 0 Å². The van der Waals surface area contributed by atoms with Crippen molar-refractivity contribution in [3.63, 3.8) is 0 Å². The van der Waals surface area contributed by atoms with E-state index in [9.17, 15) is 14.9 Å². The standard InChI is InChI=1S/C18H17NO6/c20-18(25-16-10-6-14(7-11-16)19(21)22)13-4-8-15(9-5-13)24-17-3-1-2-12-23-17/h4-11,17H,1-3,12H2. The Morgan fingerprint density at radius 2 is 1.72 bits per heavy atom. The number of nitro groups is 1. The van der Waals surface area contributed by atoms with Crippen molar-refractivity contribution in [2.24, 2.45) is 0 Å². The fourth-order valence-electron chi connectivity index (χ4n) is 2.43. The third-order valence-corrected chi connectivity index (χ3v) is 3.75. The van der Waals surface area contributed by atoms with Gasteiger partial charge in [0, 0.05) is 18.6 Å². The lowest BCUT2D eigenvalue weighted by atomic mass is 10.2. The van der Waals surface area contributed by atoms with Crippen molar-refractivity contribution >= 4 is 11.7 Å². The van der Waals surface area contributed by atoms with Crippen molar-refractivity contribution < 1.29 is 23.9 Å². The molecular formula is C18H17NO6. The highest BCUT2D eigenvalue weighted by atomic mass is 16.7. The molecule has 2 aromatic carbocycles. The van der Waals surface area contributed by atoms with E-state index in [2.05, 4.69) is 0 Å². The second-order valence-corrected chi connectivity index (χ2v) is 5.58. The summed E-state index contributed by atoms with van der Waals surface area (Å²) in [5.41, 5.74) is 0.293. The Labute approximate surface area is 144 Å². The monoisotopic (exact) mass is 343 g/mol. The van der Waals surface area contributed by atoms with Crippen molar-refractivity contribution in [1.29, 1.82) is 0 Å². The van der Waals surface area contributed by atoms with Crippen LogP contribution < -0.4 is 9.47 Å². The number of benzene rings is 2. The van der Waals surface area contributed by atoms with Crippen molar-refractivity contribution in [3.05, 3.63) is 64.2 Å². The SMILES string of the molecule is O=C(Oc1ccc([N+](=O)[O-])cc1)c1ccc(OC2CCCCO2)cc1. The molecule has 130 valence electrons. The molecule has 1 unspecified atom stereocenters. The molecule has 25 heavy (non-hydrogen) atoms. The van der Waals surface area contributed by atoms with Crippen LogP contribution in [0.1, 0.15) is 29.6 Å². The van der Waals surface area contributed by atoms with Crippen molar-refractivity contribution in [1.82, 2.24) is 0 Å². The summed E-state index contributed by atoms with van der Waals surface area (Å²) in [4.78, 5) is 22.2. The van der Waals surface area contributed by atoms with E-state index in [0.29, 0.717) is 17.9 Å². The lowest BCUT2D eigenvalue weighted by molar-refractivity contribution is -0.384. The van der Waals surface area contributed by atoms with Crippen LogP contribution in [0.2, 0.25) is 0 Å². The number of rotatable bonds is 5. The Morgan fingerprint density at radius 1 is 1.04 bits per heavy atom. The highest BCUT2D eigenvalue weighted by molar-refractivity contribution is 5.91. The molecule has 0 radical (unpaired) electrons. The molecule has 7 nitrogen and oxygen atoms in total. The molecule has 1 aliphatic heterocycles. The third kappa shape index (κ3) is 4.54. The minimum atomic E-state index is -0.547. The Balaban J connectivity index is 1.59. The number of ether oxygens (including phenoxy) is 3. The van der Waals surface area contributed by atoms with Crippen LogP contribution >= 0.6 is 0 Å². The van der Waals surface area contributed by atoms with E-state index in [1.807, 2.05) is 0 Å². The van der Waals surface area contributed by atoms with Crippen LogP contribution in [0.25, 0.3) is 0 Å². The van der Waals surface area contributed by atoms with Gasteiger partial charge in [-0.25, -0.2) is 4.79 Å². The predicted octanol–water partition coefficient (Wildman–Crippen LogP) is 3.72. The summed E-state index contributed by atoms with van der Waals surface area (Å²) >= 11 is 0. The summed E-state index contributed by atoms with van der Waals surface area (Å²) in [6.07, 6.45) is 2.73. The molecule has 0 amide bonds. The van der Waals surface area contributed by atoms with Gasteiger partial charge >= 0.3 is 5.97 Å². The van der Waals surface area contributed by atoms with Gasteiger partial charge in [-0.05, 0) is 49.2 Å². The molecule has 0 saturated carbocycles. The molecule has 0 aliphatic carbocycles. The molecule has 1 atom stereocenters. The quantitative estimate of drug-likeness (QED) is 0.356. The van der Waals surface area contributed by atoms with Crippen LogP contribution in [0.5, 0.6) is 11.5 Å². The van der Waals surface area contributed by atoms with Crippen molar-refractivity contribution in [2.75, 3.05) is 6.61 Å². The van der Waals surface area contributed by atoms with Crippen LogP contribution in [0.4, 0.5) is 5.69 Å². The summed E-state index contributed by atoms with van der Waals surface area (Å²) in [5, 5.41) is 10.6. The Morgan fingerprint density at radius 3 is 2.32 bits per heavy atom. The first-order valence-corrected chi connectivity index (χ1v) is 7.97. The number of carbonyl (C=O) groups excluding carboxylic acids is 1. The maximum Gasteiger partial charge on any atom is 0.343 e. The average Bonchev–Trinajstić information content (AvgIpc) is 2.63. The van der Waals surface area contributed by atoms with Crippen LogP contribution in [0, 0.1) is 10.1 Å². The molecule has 3 rings (SSSR count). The van der Waals surface area contributed by atoms with E-state index >= 15 is 0 Å². The van der Waals surface area contributed by atoms with E-state index < -0.39 is 10.9 Å². The minimum absolute atomic E-state index is 0.0637. The highest BCUT2D eigenvalue weighted by Crippen LogP contribution is 2.21. The predicted molar refractivity (Wildman–Crippen MR) is 88.7 cm³/mol. The topological polar surface area (TPSA) is 87.9 Å². The second-order valence-electron chi connectivity index (χ2n) is 5.58. The zero-order valence-electron chi connectivity index (χ0n) is 13.4. The van der Waals surface area contributed by atoms with Gasteiger partial charge in [-0.15, -0.1) is 0 Å². The second kappa shape index (κ2) is 7.76. The lowest BCUT2D eigenvalue weighted by Gasteiger charge is -2.23. The molecule has 0 aromatic heterocycles. The summed E-state index contributed by atoms with van der Waals surface area (Å²) in [6.45, 7) is 0.699. The van der Waals surface area contributed by atoms with Crippen molar-refractivity contribution in [2.45, 2.75) is 25.6 Å². The molecule has 7 heteroatoms. The van der Waals surface area contributed by atoms with Gasteiger partial charge in [-0.2, -0.15) is 0 Å². The maximum atomic E-state index is 12.1. The number of carbonyl (C=O) groups is 1. The molecular weight excluding hydrogens is 326 g/mol. The first-order valence-electron chi connectivity index (χ1n) is 7.97. The normalized spacial score (nSPS) is 16.9. The van der Waals surface area contributed by atoms with Gasteiger partial charge in [-0.1, -0.05) is 0 Å². The van der Waals surface area contributed by atoms with Gasteiger partial charge in [0.2, 0.25) is 0 Å². The molecule has 1 heterocycles. The van der Waals surface area contributed by atoms with E-state index in [4.69, 9.17) is 14.2 Å². The van der Waals surface area contributed by atoms with Gasteiger partial charge < -0.3 is 14.2 Å². The fraction of sp³-hybridized carbons (Fsp3) is 0.278. The number of hydrogen-bond donors (Lipinski definition) is 0. The van der Waals surface area contributed by atoms with Gasteiger partial charge in [0.05, 0.1) is 17.1 Å². The fourth-order valence-corrected chi connectivity index (χ4v) is 2.43. The van der Waals surface area contributed by atoms with E-state index in [0.717, 1.165) is 19.3 Å². The molecule has 1 saturated heterocycles. The van der Waals surface area contributed by atoms with Gasteiger partial charge in [0.1, 0.15) is 11.5 Å². The van der Waals surface area contributed by atoms with E-state index in [1.165, 1.54) is 24.3 Å². The van der Waals surface area contributed by atoms with E-state index in [1.54, 1.807) is 24.3 Å². The van der Waals surface area contributed by atoms with Gasteiger partial charge in [0.15, 0.2) is 6.29 Å². The van der Waals surface area contributed by atoms with Crippen LogP contribution in [-0.4, -0.2) is 23.8 Å². The third-order valence-electron chi connectivity index (χ3n) is 3.75. The minimum Gasteiger partial charge on any atom is -0.465 e. The van der Waals surface area contributed by atoms with Crippen LogP contribution in [0.15, 0.2) is 48.5 Å². The molecule has 0 N–H and O–H groups in total. The molecule has 1 fully saturated rings. The largest absolute Gasteiger partial charge is 0.465 e. The number of esters is 1. The average molecular weight is 343 g/mol. The van der Waals surface area contributed by atoms with Crippen molar-refractivity contribution in [3.8, 4) is 11.5 Å². The zero-order valence-corrected chi connectivity index (χ0v) is 13.4. The van der Waals surface area contributed by atoms with Gasteiger partial charge in [-0.3, -0.25) is 10.1 Å². The first-order chi connectivity index (χ1) is 12.1. The number of non-ortho nitro benzene ring substituents is 1. The molecule has 1 aliphatic rings. The maximum absolute atomic E-state index is 12.1. The zero-order chi connectivity index (χ0) is 17.6.